The van der Waals surface area contributed by atoms with E-state index in [4.69, 9.17) is 23.4 Å². The van der Waals surface area contributed by atoms with Crippen molar-refractivity contribution >= 4 is 11.0 Å². The van der Waals surface area contributed by atoms with Crippen LogP contribution in [-0.4, -0.2) is 114 Å². The van der Waals surface area contributed by atoms with Gasteiger partial charge in [-0.05, 0) is 31.2 Å². The molecule has 1 aromatic heterocycles. The molecule has 3 heterocycles. The van der Waals surface area contributed by atoms with Crippen LogP contribution in [0, 0.1) is 0 Å². The molecule has 2 fully saturated rings. The van der Waals surface area contributed by atoms with E-state index in [1.54, 1.807) is 0 Å². The summed E-state index contributed by atoms with van der Waals surface area (Å²) in [7, 11) is 0. The lowest BCUT2D eigenvalue weighted by molar-refractivity contribution is -0.320. The molecule has 3 aromatic rings. The van der Waals surface area contributed by atoms with Crippen molar-refractivity contribution in [3.05, 3.63) is 46.6 Å². The van der Waals surface area contributed by atoms with Gasteiger partial charge in [-0.3, -0.25) is 4.79 Å². The molecule has 0 aliphatic carbocycles. The molecule has 2 aliphatic rings. The Morgan fingerprint density at radius 3 is 2.19 bits per heavy atom. The Morgan fingerprint density at radius 1 is 0.810 bits per heavy atom. The molecule has 0 saturated carbocycles. The Labute approximate surface area is 236 Å². The second kappa shape index (κ2) is 11.6. The Kier molecular flexibility index (Phi) is 8.30. The van der Waals surface area contributed by atoms with Gasteiger partial charge in [-0.2, -0.15) is 0 Å². The molecular weight excluding hydrogens is 564 g/mol. The smallest absolute Gasteiger partial charge is 0.239 e. The van der Waals surface area contributed by atoms with Gasteiger partial charge >= 0.3 is 0 Å². The van der Waals surface area contributed by atoms with Crippen molar-refractivity contribution in [3.8, 4) is 34.3 Å². The Morgan fingerprint density at radius 2 is 1.50 bits per heavy atom. The van der Waals surface area contributed by atoms with E-state index in [0.29, 0.717) is 0 Å². The number of rotatable bonds is 6. The number of fused-ring (bicyclic) bond motifs is 1. The molecule has 2 aromatic carbocycles. The Balaban J connectivity index is 1.41. The number of hydrogen-bond acceptors (Lipinski definition) is 15. The molecule has 42 heavy (non-hydrogen) atoms. The minimum absolute atomic E-state index is 0.0788. The standard InChI is InChI=1S/C27H30O15/c1-9-23(20(34)22(36)27(39-9)38-8-15-17(31)19(33)21(35)26(37)41-15)42-25-18(32)16-13(30)6-12(29)7-14(16)40-24(25)10-2-4-11(28)5-3-10/h2-7,9,15,17,19-23,26-31,33-37H,8H2,1H3/t9-,15+,17+,19-,20-,21-,22-,23+,26+,27+/m0/s1. The van der Waals surface area contributed by atoms with Gasteiger partial charge in [0.15, 0.2) is 24.4 Å². The van der Waals surface area contributed by atoms with E-state index in [1.165, 1.54) is 31.2 Å². The van der Waals surface area contributed by atoms with Crippen LogP contribution in [0.1, 0.15) is 6.92 Å². The number of hydrogen-bond donors (Lipinski definition) is 9. The van der Waals surface area contributed by atoms with Crippen molar-refractivity contribution in [2.75, 3.05) is 6.61 Å². The van der Waals surface area contributed by atoms with Crippen LogP contribution in [0.25, 0.3) is 22.3 Å². The largest absolute Gasteiger partial charge is 0.508 e. The number of phenolic OH excluding ortho intramolecular Hbond substituents is 3. The molecular formula is C27H30O15. The van der Waals surface area contributed by atoms with Crippen molar-refractivity contribution in [2.45, 2.75) is 68.3 Å². The molecule has 228 valence electrons. The van der Waals surface area contributed by atoms with Gasteiger partial charge in [0.2, 0.25) is 11.2 Å². The molecule has 0 amide bonds. The van der Waals surface area contributed by atoms with Gasteiger partial charge in [-0.1, -0.05) is 0 Å². The van der Waals surface area contributed by atoms with Crippen LogP contribution in [-0.2, 0) is 14.2 Å². The van der Waals surface area contributed by atoms with E-state index in [0.717, 1.165) is 12.1 Å². The summed E-state index contributed by atoms with van der Waals surface area (Å²) in [6.07, 6.45) is -15.7. The first-order valence-corrected chi connectivity index (χ1v) is 12.9. The fourth-order valence-electron chi connectivity index (χ4n) is 4.88. The zero-order valence-corrected chi connectivity index (χ0v) is 21.9. The van der Waals surface area contributed by atoms with Crippen LogP contribution in [0.5, 0.6) is 23.0 Å². The molecule has 0 unspecified atom stereocenters. The fraction of sp³-hybridized carbons (Fsp3) is 0.444. The average Bonchev–Trinajstić information content (AvgIpc) is 2.94. The minimum Gasteiger partial charge on any atom is -0.508 e. The van der Waals surface area contributed by atoms with Crippen LogP contribution < -0.4 is 10.2 Å². The van der Waals surface area contributed by atoms with Crippen LogP contribution in [0.2, 0.25) is 0 Å². The zero-order valence-electron chi connectivity index (χ0n) is 21.9. The number of ether oxygens (including phenoxy) is 4. The predicted molar refractivity (Wildman–Crippen MR) is 139 cm³/mol. The quantitative estimate of drug-likeness (QED) is 0.159. The van der Waals surface area contributed by atoms with Gasteiger partial charge in [0.25, 0.3) is 0 Å². The molecule has 9 N–H and O–H groups in total. The molecule has 0 radical (unpaired) electrons. The molecule has 0 spiro atoms. The second-order valence-electron chi connectivity index (χ2n) is 10.1. The summed E-state index contributed by atoms with van der Waals surface area (Å²) in [5.41, 5.74) is -0.789. The summed E-state index contributed by atoms with van der Waals surface area (Å²) in [4.78, 5) is 13.6. The average molecular weight is 595 g/mol. The second-order valence-corrected chi connectivity index (χ2v) is 10.1. The van der Waals surface area contributed by atoms with Gasteiger partial charge in [-0.15, -0.1) is 0 Å². The SMILES string of the molecule is C[C@@H]1O[C@@H](OC[C@H]2O[C@@H](O)[C@@H](O)[C@@H](O)[C@@H]2O)[C@@H](O)[C@H](O)[C@@H]1Oc1c(-c2ccc(O)cc2)oc2cc(O)cc(O)c2c1=O. The topological polar surface area (TPSA) is 249 Å². The summed E-state index contributed by atoms with van der Waals surface area (Å²) in [6, 6.07) is 7.52. The summed E-state index contributed by atoms with van der Waals surface area (Å²) >= 11 is 0. The minimum atomic E-state index is -1.81. The van der Waals surface area contributed by atoms with Crippen molar-refractivity contribution < 1.29 is 69.3 Å². The normalized spacial score (nSPS) is 33.5. The number of benzene rings is 2. The fourth-order valence-corrected chi connectivity index (χ4v) is 4.88. The molecule has 2 aliphatic heterocycles. The van der Waals surface area contributed by atoms with Gasteiger partial charge < -0.3 is 69.3 Å². The van der Waals surface area contributed by atoms with Gasteiger partial charge in [-0.25, -0.2) is 0 Å². The molecule has 15 heteroatoms. The van der Waals surface area contributed by atoms with E-state index in [1.807, 2.05) is 0 Å². The van der Waals surface area contributed by atoms with Crippen molar-refractivity contribution in [3.63, 3.8) is 0 Å². The highest BCUT2D eigenvalue weighted by Crippen LogP contribution is 2.38. The maximum absolute atomic E-state index is 13.6. The maximum atomic E-state index is 13.6. The van der Waals surface area contributed by atoms with Crippen LogP contribution in [0.15, 0.2) is 45.6 Å². The highest BCUT2D eigenvalue weighted by Gasteiger charge is 2.47. The highest BCUT2D eigenvalue weighted by molar-refractivity contribution is 5.88. The van der Waals surface area contributed by atoms with Crippen LogP contribution >= 0.6 is 0 Å². The van der Waals surface area contributed by atoms with E-state index in [-0.39, 0.29) is 33.8 Å². The van der Waals surface area contributed by atoms with E-state index in [9.17, 15) is 50.8 Å². The summed E-state index contributed by atoms with van der Waals surface area (Å²) in [5, 5.41) is 90.7. The zero-order chi connectivity index (χ0) is 30.5. The molecule has 0 bridgehead atoms. The van der Waals surface area contributed by atoms with E-state index >= 15 is 0 Å². The van der Waals surface area contributed by atoms with Crippen molar-refractivity contribution in [2.24, 2.45) is 0 Å². The summed E-state index contributed by atoms with van der Waals surface area (Å²) in [5.74, 6) is -1.70. The maximum Gasteiger partial charge on any atom is 0.239 e. The lowest BCUT2D eigenvalue weighted by Crippen LogP contribution is -2.61. The summed E-state index contributed by atoms with van der Waals surface area (Å²) < 4.78 is 27.9. The number of aliphatic hydroxyl groups is 6. The van der Waals surface area contributed by atoms with E-state index < -0.39 is 84.9 Å². The predicted octanol–water partition coefficient (Wildman–Crippen LogP) is -1.39. The monoisotopic (exact) mass is 594 g/mol. The third kappa shape index (κ3) is 5.49. The number of aromatic hydroxyl groups is 3. The first kappa shape index (κ1) is 30.0. The first-order valence-electron chi connectivity index (χ1n) is 12.9. The lowest BCUT2D eigenvalue weighted by Gasteiger charge is -2.42. The third-order valence-corrected chi connectivity index (χ3v) is 7.19. The van der Waals surface area contributed by atoms with Gasteiger partial charge in [0, 0.05) is 17.7 Å². The molecule has 2 saturated heterocycles. The number of aliphatic hydroxyl groups excluding tert-OH is 6. The van der Waals surface area contributed by atoms with Gasteiger partial charge in [0.1, 0.15) is 64.8 Å². The molecule has 5 rings (SSSR count). The first-order chi connectivity index (χ1) is 19.9. The molecule has 15 nitrogen and oxygen atoms in total. The summed E-state index contributed by atoms with van der Waals surface area (Å²) in [6.45, 7) is 0.921. The number of phenols is 3. The van der Waals surface area contributed by atoms with Crippen molar-refractivity contribution in [1.29, 1.82) is 0 Å². The van der Waals surface area contributed by atoms with E-state index in [2.05, 4.69) is 0 Å². The lowest BCUT2D eigenvalue weighted by atomic mass is 9.98. The Hall–Kier alpha value is -3.51. The third-order valence-electron chi connectivity index (χ3n) is 7.19. The highest BCUT2D eigenvalue weighted by atomic mass is 16.7. The van der Waals surface area contributed by atoms with Crippen LogP contribution in [0.3, 0.4) is 0 Å². The van der Waals surface area contributed by atoms with Crippen molar-refractivity contribution in [1.82, 2.24) is 0 Å². The van der Waals surface area contributed by atoms with Gasteiger partial charge in [0.05, 0.1) is 12.7 Å². The van der Waals surface area contributed by atoms with Crippen LogP contribution in [0.4, 0.5) is 0 Å². The Bertz CT molecular complexity index is 1470. The molecule has 10 atom stereocenters.